The van der Waals surface area contributed by atoms with Gasteiger partial charge in [-0.15, -0.1) is 11.6 Å². The first-order chi connectivity index (χ1) is 7.70. The lowest BCUT2D eigenvalue weighted by atomic mass is 10.2. The predicted molar refractivity (Wildman–Crippen MR) is 65.1 cm³/mol. The monoisotopic (exact) mass is 241 g/mol. The summed E-state index contributed by atoms with van der Waals surface area (Å²) < 4.78 is 11.2. The van der Waals surface area contributed by atoms with Gasteiger partial charge in [0.25, 0.3) is 0 Å². The average Bonchev–Trinajstić information content (AvgIpc) is 2.77. The fraction of sp³-hybridized carbons (Fsp3) is 0.500. The van der Waals surface area contributed by atoms with Crippen LogP contribution in [0, 0.1) is 0 Å². The topological polar surface area (TPSA) is 21.7 Å². The van der Waals surface area contributed by atoms with Crippen molar-refractivity contribution in [3.8, 4) is 0 Å². The molecule has 4 heteroatoms. The zero-order valence-corrected chi connectivity index (χ0v) is 10.3. The van der Waals surface area contributed by atoms with Crippen LogP contribution in [-0.2, 0) is 9.47 Å². The largest absolute Gasteiger partial charge is 0.378 e. The minimum atomic E-state index is -0.264. The number of halogens is 1. The molecule has 2 rings (SSSR count). The maximum absolute atomic E-state index is 5.72. The highest BCUT2D eigenvalue weighted by atomic mass is 35.5. The van der Waals surface area contributed by atoms with Crippen molar-refractivity contribution < 1.29 is 9.47 Å². The van der Waals surface area contributed by atoms with Gasteiger partial charge in [0.1, 0.15) is 0 Å². The molecular formula is C12H16ClNO2. The van der Waals surface area contributed by atoms with E-state index in [1.807, 2.05) is 26.2 Å². The van der Waals surface area contributed by atoms with E-state index >= 15 is 0 Å². The molecule has 1 aliphatic heterocycles. The van der Waals surface area contributed by atoms with Gasteiger partial charge >= 0.3 is 0 Å². The Kier molecular flexibility index (Phi) is 3.69. The Morgan fingerprint density at radius 2 is 2.00 bits per heavy atom. The second kappa shape index (κ2) is 5.04. The highest BCUT2D eigenvalue weighted by Gasteiger charge is 2.26. The first-order valence-corrected chi connectivity index (χ1v) is 5.84. The molecular weight excluding hydrogens is 226 g/mol. The number of nitrogens with zero attached hydrogens (tertiary/aromatic N) is 1. The summed E-state index contributed by atoms with van der Waals surface area (Å²) in [4.78, 5) is 2.06. The van der Waals surface area contributed by atoms with Gasteiger partial charge in [-0.2, -0.15) is 0 Å². The molecule has 0 saturated carbocycles. The molecule has 0 radical (unpaired) electrons. The van der Waals surface area contributed by atoms with Crippen molar-refractivity contribution in [1.29, 1.82) is 0 Å². The van der Waals surface area contributed by atoms with Crippen LogP contribution in [0.4, 0.5) is 5.69 Å². The lowest BCUT2D eigenvalue weighted by Gasteiger charge is -2.15. The van der Waals surface area contributed by atoms with Crippen molar-refractivity contribution in [2.45, 2.75) is 12.4 Å². The molecule has 1 fully saturated rings. The van der Waals surface area contributed by atoms with E-state index in [9.17, 15) is 0 Å². The number of hydrogen-bond acceptors (Lipinski definition) is 3. The van der Waals surface area contributed by atoms with Gasteiger partial charge in [-0.25, -0.2) is 0 Å². The molecule has 2 atom stereocenters. The van der Waals surface area contributed by atoms with E-state index in [0.29, 0.717) is 12.5 Å². The van der Waals surface area contributed by atoms with Crippen molar-refractivity contribution in [2.75, 3.05) is 31.5 Å². The summed E-state index contributed by atoms with van der Waals surface area (Å²) in [5.74, 6) is 0.478. The van der Waals surface area contributed by atoms with Crippen molar-refractivity contribution in [1.82, 2.24) is 0 Å². The average molecular weight is 242 g/mol. The number of ether oxygens (including phenoxy) is 2. The van der Waals surface area contributed by atoms with Crippen molar-refractivity contribution in [2.24, 2.45) is 0 Å². The Morgan fingerprint density at radius 3 is 2.50 bits per heavy atom. The molecule has 1 saturated heterocycles. The SMILES string of the molecule is CN(C)c1ccc(C2OCC(CCl)O2)cc1. The van der Waals surface area contributed by atoms with Gasteiger partial charge in [0, 0.05) is 25.3 Å². The van der Waals surface area contributed by atoms with E-state index in [4.69, 9.17) is 21.1 Å². The van der Waals surface area contributed by atoms with Crippen molar-refractivity contribution in [3.63, 3.8) is 0 Å². The smallest absolute Gasteiger partial charge is 0.184 e. The van der Waals surface area contributed by atoms with Crippen LogP contribution in [0.15, 0.2) is 24.3 Å². The summed E-state index contributed by atoms with van der Waals surface area (Å²) in [7, 11) is 4.03. The normalized spacial score (nSPS) is 24.7. The first-order valence-electron chi connectivity index (χ1n) is 5.31. The molecule has 1 aromatic rings. The Balaban J connectivity index is 2.05. The van der Waals surface area contributed by atoms with E-state index < -0.39 is 0 Å². The number of alkyl halides is 1. The van der Waals surface area contributed by atoms with E-state index in [2.05, 4.69) is 17.0 Å². The minimum Gasteiger partial charge on any atom is -0.378 e. The summed E-state index contributed by atoms with van der Waals surface area (Å²) in [5, 5.41) is 0. The van der Waals surface area contributed by atoms with Crippen LogP contribution in [0.1, 0.15) is 11.9 Å². The molecule has 0 amide bonds. The lowest BCUT2D eigenvalue weighted by Crippen LogP contribution is -2.11. The predicted octanol–water partition coefficient (Wildman–Crippen LogP) is 2.41. The number of benzene rings is 1. The lowest BCUT2D eigenvalue weighted by molar-refractivity contribution is -0.0567. The Hall–Kier alpha value is -0.770. The van der Waals surface area contributed by atoms with Gasteiger partial charge in [-0.3, -0.25) is 0 Å². The van der Waals surface area contributed by atoms with Gasteiger partial charge in [0.2, 0.25) is 0 Å². The molecule has 0 spiro atoms. The molecule has 2 unspecified atom stereocenters. The zero-order chi connectivity index (χ0) is 11.5. The number of hydrogen-bond donors (Lipinski definition) is 0. The van der Waals surface area contributed by atoms with Crippen LogP contribution < -0.4 is 4.90 Å². The number of rotatable bonds is 3. The van der Waals surface area contributed by atoms with E-state index in [1.54, 1.807) is 0 Å². The second-order valence-corrected chi connectivity index (χ2v) is 4.37. The van der Waals surface area contributed by atoms with Crippen LogP contribution in [0.25, 0.3) is 0 Å². The molecule has 1 heterocycles. The van der Waals surface area contributed by atoms with Crippen LogP contribution in [0.2, 0.25) is 0 Å². The summed E-state index contributed by atoms with van der Waals surface area (Å²) in [6, 6.07) is 8.15. The fourth-order valence-corrected chi connectivity index (χ4v) is 1.80. The molecule has 0 bridgehead atoms. The summed E-state index contributed by atoms with van der Waals surface area (Å²) >= 11 is 5.72. The Bertz CT molecular complexity index is 339. The van der Waals surface area contributed by atoms with E-state index in [-0.39, 0.29) is 12.4 Å². The molecule has 1 aliphatic rings. The zero-order valence-electron chi connectivity index (χ0n) is 9.52. The van der Waals surface area contributed by atoms with E-state index in [0.717, 1.165) is 11.3 Å². The molecule has 16 heavy (non-hydrogen) atoms. The molecule has 0 aromatic heterocycles. The van der Waals surface area contributed by atoms with Crippen LogP contribution in [0.3, 0.4) is 0 Å². The van der Waals surface area contributed by atoms with Gasteiger partial charge < -0.3 is 14.4 Å². The van der Waals surface area contributed by atoms with Gasteiger partial charge in [-0.1, -0.05) is 12.1 Å². The van der Waals surface area contributed by atoms with E-state index in [1.165, 1.54) is 0 Å². The standard InChI is InChI=1S/C12H16ClNO2/c1-14(2)10-5-3-9(4-6-10)12-15-8-11(7-13)16-12/h3-6,11-12H,7-8H2,1-2H3. The highest BCUT2D eigenvalue weighted by molar-refractivity contribution is 6.18. The molecule has 0 aliphatic carbocycles. The fourth-order valence-electron chi connectivity index (χ4n) is 1.63. The summed E-state index contributed by atoms with van der Waals surface area (Å²) in [6.45, 7) is 0.573. The Labute approximate surface area is 101 Å². The van der Waals surface area contributed by atoms with Crippen LogP contribution >= 0.6 is 11.6 Å². The third-order valence-electron chi connectivity index (χ3n) is 2.60. The van der Waals surface area contributed by atoms with Gasteiger partial charge in [0.05, 0.1) is 18.6 Å². The summed E-state index contributed by atoms with van der Waals surface area (Å²) in [5.41, 5.74) is 2.20. The van der Waals surface area contributed by atoms with Crippen molar-refractivity contribution >= 4 is 17.3 Å². The van der Waals surface area contributed by atoms with Crippen LogP contribution in [-0.4, -0.2) is 32.7 Å². The maximum atomic E-state index is 5.72. The second-order valence-electron chi connectivity index (χ2n) is 4.06. The maximum Gasteiger partial charge on any atom is 0.184 e. The quantitative estimate of drug-likeness (QED) is 0.759. The van der Waals surface area contributed by atoms with Crippen LogP contribution in [0.5, 0.6) is 0 Å². The summed E-state index contributed by atoms with van der Waals surface area (Å²) in [6.07, 6.45) is -0.250. The minimum absolute atomic E-state index is 0.0141. The molecule has 1 aromatic carbocycles. The first kappa shape index (κ1) is 11.7. The number of anilines is 1. The third-order valence-corrected chi connectivity index (χ3v) is 2.95. The van der Waals surface area contributed by atoms with Gasteiger partial charge in [-0.05, 0) is 12.1 Å². The third kappa shape index (κ3) is 2.48. The molecule has 0 N–H and O–H groups in total. The highest BCUT2D eigenvalue weighted by Crippen LogP contribution is 2.28. The van der Waals surface area contributed by atoms with Crippen molar-refractivity contribution in [3.05, 3.63) is 29.8 Å². The Morgan fingerprint density at radius 1 is 1.31 bits per heavy atom. The molecule has 88 valence electrons. The molecule has 3 nitrogen and oxygen atoms in total. The van der Waals surface area contributed by atoms with Gasteiger partial charge in [0.15, 0.2) is 6.29 Å².